The molecule has 1 saturated carbocycles. The molecule has 0 bridgehead atoms. The van der Waals surface area contributed by atoms with E-state index in [9.17, 15) is 4.79 Å². The van der Waals surface area contributed by atoms with E-state index in [1.807, 2.05) is 31.7 Å². The first-order valence-electron chi connectivity index (χ1n) is 8.78. The average Bonchev–Trinajstić information content (AvgIpc) is 3.25. The summed E-state index contributed by atoms with van der Waals surface area (Å²) in [6.45, 7) is 9.14. The summed E-state index contributed by atoms with van der Waals surface area (Å²) in [5.41, 5.74) is 0.776. The molecule has 1 aliphatic carbocycles. The summed E-state index contributed by atoms with van der Waals surface area (Å²) in [5, 5.41) is 0. The summed E-state index contributed by atoms with van der Waals surface area (Å²) in [4.78, 5) is 16.9. The summed E-state index contributed by atoms with van der Waals surface area (Å²) in [6.07, 6.45) is 1.96. The number of benzene rings is 1. The molecule has 0 unspecified atom stereocenters. The van der Waals surface area contributed by atoms with Gasteiger partial charge in [-0.15, -0.1) is 0 Å². The Morgan fingerprint density at radius 3 is 2.56 bits per heavy atom. The number of hydrogen-bond donors (Lipinski definition) is 0. The number of carbonyl (C=O) groups excluding carboxylic acids is 1. The van der Waals surface area contributed by atoms with E-state index in [0.717, 1.165) is 49.2 Å². The third-order valence-electron chi connectivity index (χ3n) is 4.79. The monoisotopic (exact) mass is 410 g/mol. The van der Waals surface area contributed by atoms with Gasteiger partial charge in [-0.3, -0.25) is 9.80 Å². The SMILES string of the molecule is COc1ccc(CN2CCN(C(=O)OC(C)(C)C)C3(CC3)C2)cc1Br. The van der Waals surface area contributed by atoms with Crippen LogP contribution in [0.2, 0.25) is 0 Å². The van der Waals surface area contributed by atoms with Crippen LogP contribution in [0.1, 0.15) is 39.2 Å². The Bertz CT molecular complexity index is 653. The van der Waals surface area contributed by atoms with Crippen molar-refractivity contribution in [3.05, 3.63) is 28.2 Å². The molecule has 2 aliphatic rings. The number of rotatable bonds is 3. The second kappa shape index (κ2) is 6.80. The van der Waals surface area contributed by atoms with Crippen molar-refractivity contribution in [1.82, 2.24) is 9.80 Å². The van der Waals surface area contributed by atoms with Gasteiger partial charge < -0.3 is 9.47 Å². The molecule has 1 heterocycles. The largest absolute Gasteiger partial charge is 0.496 e. The molecular weight excluding hydrogens is 384 g/mol. The average molecular weight is 411 g/mol. The van der Waals surface area contributed by atoms with E-state index in [1.54, 1.807) is 7.11 Å². The van der Waals surface area contributed by atoms with Gasteiger partial charge in [-0.25, -0.2) is 4.79 Å². The van der Waals surface area contributed by atoms with Crippen LogP contribution in [0.5, 0.6) is 5.75 Å². The van der Waals surface area contributed by atoms with Gasteiger partial charge in [-0.05, 0) is 67.2 Å². The summed E-state index contributed by atoms with van der Waals surface area (Å²) >= 11 is 3.55. The van der Waals surface area contributed by atoms with Crippen LogP contribution >= 0.6 is 15.9 Å². The minimum atomic E-state index is -0.445. The van der Waals surface area contributed by atoms with Gasteiger partial charge in [-0.2, -0.15) is 0 Å². The Balaban J connectivity index is 1.63. The molecule has 0 atom stereocenters. The molecule has 1 aliphatic heterocycles. The van der Waals surface area contributed by atoms with Gasteiger partial charge >= 0.3 is 6.09 Å². The van der Waals surface area contributed by atoms with E-state index in [1.165, 1.54) is 5.56 Å². The Hall–Kier alpha value is -1.27. The van der Waals surface area contributed by atoms with E-state index in [0.29, 0.717) is 0 Å². The third kappa shape index (κ3) is 4.29. The maximum absolute atomic E-state index is 12.5. The van der Waals surface area contributed by atoms with E-state index in [4.69, 9.17) is 9.47 Å². The zero-order chi connectivity index (χ0) is 18.2. The van der Waals surface area contributed by atoms with E-state index in [2.05, 4.69) is 33.0 Å². The van der Waals surface area contributed by atoms with Crippen molar-refractivity contribution in [2.75, 3.05) is 26.7 Å². The topological polar surface area (TPSA) is 42.0 Å². The molecule has 1 amide bonds. The van der Waals surface area contributed by atoms with Gasteiger partial charge in [-0.1, -0.05) is 6.07 Å². The fourth-order valence-corrected chi connectivity index (χ4v) is 4.02. The summed E-state index contributed by atoms with van der Waals surface area (Å²) in [6, 6.07) is 6.20. The van der Waals surface area contributed by atoms with Crippen LogP contribution in [-0.2, 0) is 11.3 Å². The van der Waals surface area contributed by atoms with Gasteiger partial charge in [0.2, 0.25) is 0 Å². The van der Waals surface area contributed by atoms with Gasteiger partial charge in [0.1, 0.15) is 11.4 Å². The van der Waals surface area contributed by atoms with Crippen molar-refractivity contribution >= 4 is 22.0 Å². The molecule has 5 nitrogen and oxygen atoms in total. The zero-order valence-corrected chi connectivity index (χ0v) is 17.1. The molecule has 138 valence electrons. The molecule has 6 heteroatoms. The van der Waals surface area contributed by atoms with Crippen molar-refractivity contribution in [1.29, 1.82) is 0 Å². The Kier molecular flexibility index (Phi) is 5.04. The minimum Gasteiger partial charge on any atom is -0.496 e. The Morgan fingerprint density at radius 1 is 1.28 bits per heavy atom. The highest BCUT2D eigenvalue weighted by molar-refractivity contribution is 9.10. The predicted octanol–water partition coefficient (Wildman–Crippen LogP) is 4.04. The number of ether oxygens (including phenoxy) is 2. The van der Waals surface area contributed by atoms with E-state index in [-0.39, 0.29) is 11.6 Å². The maximum atomic E-state index is 12.5. The van der Waals surface area contributed by atoms with Crippen LogP contribution < -0.4 is 4.74 Å². The lowest BCUT2D eigenvalue weighted by atomic mass is 10.1. The lowest BCUT2D eigenvalue weighted by molar-refractivity contribution is -0.00808. The van der Waals surface area contributed by atoms with Gasteiger partial charge in [0.15, 0.2) is 0 Å². The molecule has 1 saturated heterocycles. The maximum Gasteiger partial charge on any atom is 0.410 e. The number of amides is 1. The molecule has 1 aromatic rings. The molecule has 0 radical (unpaired) electrons. The normalized spacial score (nSPS) is 19.8. The van der Waals surface area contributed by atoms with Gasteiger partial charge in [0, 0.05) is 26.2 Å². The standard InChI is InChI=1S/C19H27BrN2O3/c1-18(2,3)25-17(23)22-10-9-21(13-19(22)7-8-19)12-14-5-6-16(24-4)15(20)11-14/h5-6,11H,7-10,12-13H2,1-4H3. The van der Waals surface area contributed by atoms with Crippen LogP contribution in [0.15, 0.2) is 22.7 Å². The molecule has 1 aromatic carbocycles. The molecular formula is C19H27BrN2O3. The molecule has 25 heavy (non-hydrogen) atoms. The Morgan fingerprint density at radius 2 is 2.00 bits per heavy atom. The molecule has 2 fully saturated rings. The fraction of sp³-hybridized carbons (Fsp3) is 0.632. The quantitative estimate of drug-likeness (QED) is 0.753. The van der Waals surface area contributed by atoms with Gasteiger partial charge in [0.05, 0.1) is 17.1 Å². The summed E-state index contributed by atoms with van der Waals surface area (Å²) in [5.74, 6) is 0.845. The predicted molar refractivity (Wildman–Crippen MR) is 101 cm³/mol. The molecule has 1 spiro atoms. The number of nitrogens with zero attached hydrogens (tertiary/aromatic N) is 2. The smallest absolute Gasteiger partial charge is 0.410 e. The van der Waals surface area contributed by atoms with Crippen molar-refractivity contribution in [3.63, 3.8) is 0 Å². The number of halogens is 1. The highest BCUT2D eigenvalue weighted by atomic mass is 79.9. The summed E-state index contributed by atoms with van der Waals surface area (Å²) < 4.78 is 11.9. The summed E-state index contributed by atoms with van der Waals surface area (Å²) in [7, 11) is 1.67. The molecule has 0 aromatic heterocycles. The van der Waals surface area contributed by atoms with E-state index >= 15 is 0 Å². The van der Waals surface area contributed by atoms with Crippen LogP contribution in [0.25, 0.3) is 0 Å². The third-order valence-corrected chi connectivity index (χ3v) is 5.41. The van der Waals surface area contributed by atoms with Crippen LogP contribution in [0.4, 0.5) is 4.79 Å². The van der Waals surface area contributed by atoms with Crippen molar-refractivity contribution in [3.8, 4) is 5.75 Å². The minimum absolute atomic E-state index is 0.0235. The lowest BCUT2D eigenvalue weighted by Crippen LogP contribution is -2.57. The number of hydrogen-bond acceptors (Lipinski definition) is 4. The highest BCUT2D eigenvalue weighted by Gasteiger charge is 2.54. The van der Waals surface area contributed by atoms with Crippen molar-refractivity contribution in [2.24, 2.45) is 0 Å². The van der Waals surface area contributed by atoms with Crippen LogP contribution in [0.3, 0.4) is 0 Å². The lowest BCUT2D eigenvalue weighted by Gasteiger charge is -2.42. The van der Waals surface area contributed by atoms with Crippen molar-refractivity contribution < 1.29 is 14.3 Å². The van der Waals surface area contributed by atoms with Crippen LogP contribution in [-0.4, -0.2) is 53.8 Å². The Labute approximate surface area is 158 Å². The number of methoxy groups -OCH3 is 1. The first-order chi connectivity index (χ1) is 11.7. The fourth-order valence-electron chi connectivity index (χ4n) is 3.43. The second-order valence-electron chi connectivity index (χ2n) is 8.04. The molecule has 3 rings (SSSR count). The first-order valence-corrected chi connectivity index (χ1v) is 9.57. The second-order valence-corrected chi connectivity index (χ2v) is 8.89. The van der Waals surface area contributed by atoms with E-state index < -0.39 is 5.60 Å². The highest BCUT2D eigenvalue weighted by Crippen LogP contribution is 2.45. The van der Waals surface area contributed by atoms with Crippen LogP contribution in [0, 0.1) is 0 Å². The molecule has 0 N–H and O–H groups in total. The zero-order valence-electron chi connectivity index (χ0n) is 15.5. The first kappa shape index (κ1) is 18.5. The number of piperazine rings is 1. The number of carbonyl (C=O) groups is 1. The van der Waals surface area contributed by atoms with Crippen molar-refractivity contribution in [2.45, 2.75) is 51.3 Å². The van der Waals surface area contributed by atoms with Gasteiger partial charge in [0.25, 0.3) is 0 Å².